The maximum Gasteiger partial charge on any atom is 0.262 e. The predicted octanol–water partition coefficient (Wildman–Crippen LogP) is 6.62. The molecule has 0 saturated carbocycles. The second-order valence-corrected chi connectivity index (χ2v) is 13.3. The fraction of sp³-hybridized carbons (Fsp3) is 0.0938. The lowest BCUT2D eigenvalue weighted by Gasteiger charge is -2.14. The van der Waals surface area contributed by atoms with Gasteiger partial charge in [0.1, 0.15) is 0 Å². The monoisotopic (exact) mass is 599 g/mol. The van der Waals surface area contributed by atoms with E-state index in [0.717, 1.165) is 21.9 Å². The van der Waals surface area contributed by atoms with Crippen LogP contribution in [0.3, 0.4) is 0 Å². The molecular weight excluding hydrogens is 571 g/mol. The van der Waals surface area contributed by atoms with E-state index in [1.54, 1.807) is 31.2 Å². The molecule has 5 aromatic carbocycles. The van der Waals surface area contributed by atoms with E-state index in [9.17, 15) is 21.6 Å². The first-order valence-corrected chi connectivity index (χ1v) is 16.0. The van der Waals surface area contributed by atoms with Gasteiger partial charge in [0.15, 0.2) is 0 Å². The summed E-state index contributed by atoms with van der Waals surface area (Å²) in [5, 5.41) is 4.39. The average molecular weight is 600 g/mol. The van der Waals surface area contributed by atoms with E-state index in [1.165, 1.54) is 36.4 Å². The van der Waals surface area contributed by atoms with E-state index >= 15 is 0 Å². The number of fused-ring (bicyclic) bond motifs is 1. The smallest absolute Gasteiger partial charge is 0.262 e. The molecule has 5 aromatic rings. The number of hydrogen-bond acceptors (Lipinski definition) is 5. The molecule has 3 N–H and O–H groups in total. The van der Waals surface area contributed by atoms with Crippen LogP contribution in [-0.2, 0) is 20.0 Å². The predicted molar refractivity (Wildman–Crippen MR) is 167 cm³/mol. The Morgan fingerprint density at radius 1 is 0.619 bits per heavy atom. The lowest BCUT2D eigenvalue weighted by Crippen LogP contribution is -2.18. The summed E-state index contributed by atoms with van der Waals surface area (Å²) in [5.41, 5.74) is 3.68. The molecule has 0 bridgehead atoms. The molecule has 0 aliphatic heterocycles. The summed E-state index contributed by atoms with van der Waals surface area (Å²) >= 11 is 0. The second kappa shape index (κ2) is 11.3. The highest BCUT2D eigenvalue weighted by Gasteiger charge is 2.21. The van der Waals surface area contributed by atoms with Gasteiger partial charge in [-0.05, 0) is 85.8 Å². The zero-order valence-corrected chi connectivity index (χ0v) is 24.8. The first kappa shape index (κ1) is 28.8. The van der Waals surface area contributed by atoms with Crippen LogP contribution in [0.2, 0.25) is 0 Å². The first-order chi connectivity index (χ1) is 19.9. The fourth-order valence-electron chi connectivity index (χ4n) is 4.60. The van der Waals surface area contributed by atoms with Crippen LogP contribution in [0, 0.1) is 20.8 Å². The van der Waals surface area contributed by atoms with Crippen molar-refractivity contribution in [2.24, 2.45) is 0 Å². The van der Waals surface area contributed by atoms with Crippen molar-refractivity contribution in [3.05, 3.63) is 125 Å². The van der Waals surface area contributed by atoms with Gasteiger partial charge < -0.3 is 5.32 Å². The second-order valence-electron chi connectivity index (χ2n) is 10.0. The van der Waals surface area contributed by atoms with Crippen molar-refractivity contribution in [2.45, 2.75) is 30.6 Å². The third-order valence-corrected chi connectivity index (χ3v) is 9.71. The quantitative estimate of drug-likeness (QED) is 0.185. The van der Waals surface area contributed by atoms with Gasteiger partial charge in [-0.1, -0.05) is 60.2 Å². The van der Waals surface area contributed by atoms with Gasteiger partial charge in [0.25, 0.3) is 26.0 Å². The van der Waals surface area contributed by atoms with Crippen LogP contribution in [0.1, 0.15) is 27.0 Å². The third kappa shape index (κ3) is 6.14. The molecule has 0 aromatic heterocycles. The number of carbonyl (C=O) groups excluding carboxylic acids is 1. The number of aryl methyl sites for hydroxylation is 3. The molecule has 1 amide bonds. The lowest BCUT2D eigenvalue weighted by atomic mass is 10.1. The Morgan fingerprint density at radius 2 is 1.31 bits per heavy atom. The number of nitrogens with one attached hydrogen (secondary N) is 3. The molecule has 42 heavy (non-hydrogen) atoms. The molecule has 0 aliphatic rings. The van der Waals surface area contributed by atoms with Crippen LogP contribution in [0.15, 0.2) is 113 Å². The van der Waals surface area contributed by atoms with Gasteiger partial charge in [0, 0.05) is 16.6 Å². The van der Waals surface area contributed by atoms with Gasteiger partial charge in [0.2, 0.25) is 0 Å². The number of benzene rings is 5. The van der Waals surface area contributed by atoms with Crippen LogP contribution in [0.25, 0.3) is 10.8 Å². The van der Waals surface area contributed by atoms with E-state index in [0.29, 0.717) is 22.6 Å². The molecule has 5 rings (SSSR count). The van der Waals surface area contributed by atoms with Crippen molar-refractivity contribution < 1.29 is 21.6 Å². The standard InChI is InChI=1S/C32H29N3O5S2/c1-21-11-18-29(23(3)19-21)34-42(39,40)31-20-25(13-12-22(31)2)32(36)33-26-14-16-27(17-15-26)41(37,38)35-30-10-6-8-24-7-4-5-9-28(24)30/h4-20,34-35H,1-3H3,(H,33,36). The van der Waals surface area contributed by atoms with Crippen LogP contribution >= 0.6 is 0 Å². The van der Waals surface area contributed by atoms with Crippen LogP contribution in [0.4, 0.5) is 17.1 Å². The molecule has 0 spiro atoms. The van der Waals surface area contributed by atoms with Crippen molar-refractivity contribution in [3.8, 4) is 0 Å². The Balaban J connectivity index is 1.32. The maximum atomic E-state index is 13.2. The van der Waals surface area contributed by atoms with Crippen LogP contribution in [0.5, 0.6) is 0 Å². The molecule has 214 valence electrons. The number of hydrogen-bond donors (Lipinski definition) is 3. The van der Waals surface area contributed by atoms with Gasteiger partial charge in [0.05, 0.1) is 21.2 Å². The van der Waals surface area contributed by atoms with E-state index in [2.05, 4.69) is 14.8 Å². The number of sulfonamides is 2. The SMILES string of the molecule is Cc1ccc(NS(=O)(=O)c2cc(C(=O)Nc3ccc(S(=O)(=O)Nc4cccc5ccccc45)cc3)ccc2C)c(C)c1. The van der Waals surface area contributed by atoms with Crippen molar-refractivity contribution in [2.75, 3.05) is 14.8 Å². The molecule has 8 nitrogen and oxygen atoms in total. The zero-order valence-electron chi connectivity index (χ0n) is 23.2. The average Bonchev–Trinajstić information content (AvgIpc) is 2.95. The number of amides is 1. The van der Waals surface area contributed by atoms with Crippen molar-refractivity contribution in [3.63, 3.8) is 0 Å². The Bertz CT molecular complexity index is 2030. The van der Waals surface area contributed by atoms with Gasteiger partial charge in [-0.3, -0.25) is 14.2 Å². The van der Waals surface area contributed by atoms with Gasteiger partial charge in [-0.15, -0.1) is 0 Å². The highest BCUT2D eigenvalue weighted by atomic mass is 32.2. The van der Waals surface area contributed by atoms with Gasteiger partial charge in [-0.25, -0.2) is 16.8 Å². The minimum atomic E-state index is -3.97. The largest absolute Gasteiger partial charge is 0.322 e. The fourth-order valence-corrected chi connectivity index (χ4v) is 7.08. The summed E-state index contributed by atoms with van der Waals surface area (Å²) in [6.45, 7) is 5.40. The molecule has 0 fully saturated rings. The van der Waals surface area contributed by atoms with Crippen molar-refractivity contribution >= 4 is 53.8 Å². The highest BCUT2D eigenvalue weighted by molar-refractivity contribution is 7.93. The summed E-state index contributed by atoms with van der Waals surface area (Å²) in [5.74, 6) is -0.539. The Morgan fingerprint density at radius 3 is 2.05 bits per heavy atom. The molecular formula is C32H29N3O5S2. The summed E-state index contributed by atoms with van der Waals surface area (Å²) < 4.78 is 57.8. The Kier molecular flexibility index (Phi) is 7.77. The molecule has 0 radical (unpaired) electrons. The zero-order chi connectivity index (χ0) is 30.1. The maximum absolute atomic E-state index is 13.2. The van der Waals surface area contributed by atoms with Crippen LogP contribution < -0.4 is 14.8 Å². The Hall–Kier alpha value is -4.67. The first-order valence-electron chi connectivity index (χ1n) is 13.1. The topological polar surface area (TPSA) is 121 Å². The minimum absolute atomic E-state index is 0.0175. The van der Waals surface area contributed by atoms with E-state index in [1.807, 2.05) is 56.3 Å². The number of carbonyl (C=O) groups is 1. The molecule has 0 heterocycles. The minimum Gasteiger partial charge on any atom is -0.322 e. The summed E-state index contributed by atoms with van der Waals surface area (Å²) in [6, 6.07) is 28.4. The third-order valence-electron chi connectivity index (χ3n) is 6.82. The summed E-state index contributed by atoms with van der Waals surface area (Å²) in [6.07, 6.45) is 0. The highest BCUT2D eigenvalue weighted by Crippen LogP contribution is 2.27. The molecule has 0 unspecified atom stereocenters. The summed E-state index contributed by atoms with van der Waals surface area (Å²) in [7, 11) is -7.87. The molecule has 0 aliphatic carbocycles. The Labute approximate surface area is 245 Å². The van der Waals surface area contributed by atoms with Gasteiger partial charge >= 0.3 is 0 Å². The van der Waals surface area contributed by atoms with Gasteiger partial charge in [-0.2, -0.15) is 0 Å². The van der Waals surface area contributed by atoms with E-state index in [-0.39, 0.29) is 15.4 Å². The molecule has 10 heteroatoms. The van der Waals surface area contributed by atoms with Crippen molar-refractivity contribution in [1.29, 1.82) is 0 Å². The summed E-state index contributed by atoms with van der Waals surface area (Å²) in [4.78, 5) is 13.1. The van der Waals surface area contributed by atoms with E-state index in [4.69, 9.17) is 0 Å². The van der Waals surface area contributed by atoms with E-state index < -0.39 is 26.0 Å². The molecule has 0 saturated heterocycles. The normalized spacial score (nSPS) is 11.7. The molecule has 0 atom stereocenters. The van der Waals surface area contributed by atoms with Crippen LogP contribution in [-0.4, -0.2) is 22.7 Å². The van der Waals surface area contributed by atoms with Crippen molar-refractivity contribution in [1.82, 2.24) is 0 Å². The lowest BCUT2D eigenvalue weighted by molar-refractivity contribution is 0.102. The number of rotatable bonds is 8. The number of anilines is 3.